The number of rotatable bonds is 11. The minimum atomic E-state index is -0.192. The maximum absolute atomic E-state index is 11.8. The molecule has 0 unspecified atom stereocenters. The van der Waals surface area contributed by atoms with E-state index in [0.29, 0.717) is 18.6 Å². The lowest BCUT2D eigenvalue weighted by Crippen LogP contribution is -2.41. The van der Waals surface area contributed by atoms with Crippen LogP contribution in [0.2, 0.25) is 0 Å². The average molecular weight is 419 g/mol. The van der Waals surface area contributed by atoms with E-state index in [0.717, 1.165) is 43.3 Å². The summed E-state index contributed by atoms with van der Waals surface area (Å²) in [6.07, 6.45) is 1.07. The first-order valence-corrected chi connectivity index (χ1v) is 11.2. The van der Waals surface area contributed by atoms with Crippen molar-refractivity contribution >= 4 is 17.7 Å². The Morgan fingerprint density at radius 3 is 2.17 bits per heavy atom. The van der Waals surface area contributed by atoms with Crippen LogP contribution in [0.25, 0.3) is 0 Å². The second-order valence-corrected chi connectivity index (χ2v) is 8.35. The summed E-state index contributed by atoms with van der Waals surface area (Å²) in [6, 6.07) is 8.80. The van der Waals surface area contributed by atoms with E-state index in [2.05, 4.69) is 65.8 Å². The molecule has 1 aromatic carbocycles. The zero-order valence-electron chi connectivity index (χ0n) is 19.9. The fraction of sp³-hybridized carbons (Fsp3) is 0.652. The summed E-state index contributed by atoms with van der Waals surface area (Å²) in [5, 5.41) is 12.4. The Labute approximate surface area is 183 Å². The number of hydrogen-bond donors (Lipinski definition) is 4. The predicted molar refractivity (Wildman–Crippen MR) is 128 cm³/mol. The van der Waals surface area contributed by atoms with Crippen molar-refractivity contribution in [2.24, 2.45) is 4.99 Å². The SMILES string of the molecule is CCNC(=NCc1ccc(NC(=O)NC(C)C)cc1)NCCCN(C(C)C)C(C)C. The van der Waals surface area contributed by atoms with Crippen LogP contribution in [0.5, 0.6) is 0 Å². The quantitative estimate of drug-likeness (QED) is 0.250. The van der Waals surface area contributed by atoms with Crippen molar-refractivity contribution in [1.29, 1.82) is 0 Å². The molecule has 0 bridgehead atoms. The van der Waals surface area contributed by atoms with Crippen molar-refractivity contribution in [3.8, 4) is 0 Å². The lowest BCUT2D eigenvalue weighted by Gasteiger charge is -2.30. The molecule has 30 heavy (non-hydrogen) atoms. The number of aliphatic imine (C=N–C) groups is 1. The maximum atomic E-state index is 11.8. The second kappa shape index (κ2) is 13.9. The molecule has 2 amide bonds. The van der Waals surface area contributed by atoms with Gasteiger partial charge in [-0.25, -0.2) is 9.79 Å². The number of nitrogens with one attached hydrogen (secondary N) is 4. The molecule has 0 fully saturated rings. The molecule has 1 aromatic rings. The Morgan fingerprint density at radius 2 is 1.63 bits per heavy atom. The number of anilines is 1. The van der Waals surface area contributed by atoms with Crippen molar-refractivity contribution in [1.82, 2.24) is 20.9 Å². The fourth-order valence-electron chi connectivity index (χ4n) is 3.22. The average Bonchev–Trinajstić information content (AvgIpc) is 2.65. The van der Waals surface area contributed by atoms with Gasteiger partial charge < -0.3 is 21.3 Å². The topological polar surface area (TPSA) is 80.8 Å². The van der Waals surface area contributed by atoms with Gasteiger partial charge >= 0.3 is 6.03 Å². The number of carbonyl (C=O) groups is 1. The number of hydrogen-bond acceptors (Lipinski definition) is 3. The van der Waals surface area contributed by atoms with Gasteiger partial charge in [-0.2, -0.15) is 0 Å². The zero-order chi connectivity index (χ0) is 22.5. The van der Waals surface area contributed by atoms with E-state index in [4.69, 9.17) is 0 Å². The summed E-state index contributed by atoms with van der Waals surface area (Å²) in [7, 11) is 0. The molecule has 0 aliphatic heterocycles. The Kier molecular flexibility index (Phi) is 11.9. The van der Waals surface area contributed by atoms with Gasteiger partial charge in [-0.3, -0.25) is 4.90 Å². The first-order valence-electron chi connectivity index (χ1n) is 11.2. The van der Waals surface area contributed by atoms with E-state index in [9.17, 15) is 4.79 Å². The molecule has 7 nitrogen and oxygen atoms in total. The van der Waals surface area contributed by atoms with Crippen LogP contribution in [0, 0.1) is 0 Å². The highest BCUT2D eigenvalue weighted by Crippen LogP contribution is 2.10. The molecule has 170 valence electrons. The number of nitrogens with zero attached hydrogens (tertiary/aromatic N) is 2. The van der Waals surface area contributed by atoms with Gasteiger partial charge in [0.2, 0.25) is 0 Å². The van der Waals surface area contributed by atoms with Crippen LogP contribution in [-0.4, -0.2) is 54.7 Å². The number of urea groups is 1. The second-order valence-electron chi connectivity index (χ2n) is 8.35. The maximum Gasteiger partial charge on any atom is 0.319 e. The molecule has 0 aromatic heterocycles. The first kappa shape index (κ1) is 25.8. The zero-order valence-corrected chi connectivity index (χ0v) is 19.9. The normalized spacial score (nSPS) is 12.0. The predicted octanol–water partition coefficient (Wildman–Crippen LogP) is 3.78. The first-order chi connectivity index (χ1) is 14.2. The van der Waals surface area contributed by atoms with Crippen molar-refractivity contribution < 1.29 is 4.79 Å². The van der Waals surface area contributed by atoms with Crippen LogP contribution in [0.15, 0.2) is 29.3 Å². The summed E-state index contributed by atoms with van der Waals surface area (Å²) in [4.78, 5) is 19.0. The standard InChI is InChI=1S/C23H42N6O/c1-8-24-22(25-14-9-15-29(18(4)5)19(6)7)26-16-20-10-12-21(13-11-20)28-23(30)27-17(2)3/h10-13,17-19H,8-9,14-16H2,1-7H3,(H2,24,25,26)(H2,27,28,30). The molecule has 7 heteroatoms. The van der Waals surface area contributed by atoms with Gasteiger partial charge in [0.25, 0.3) is 0 Å². The highest BCUT2D eigenvalue weighted by Gasteiger charge is 2.12. The smallest absolute Gasteiger partial charge is 0.319 e. The number of guanidine groups is 1. The summed E-state index contributed by atoms with van der Waals surface area (Å²) >= 11 is 0. The van der Waals surface area contributed by atoms with Gasteiger partial charge in [0.1, 0.15) is 0 Å². The van der Waals surface area contributed by atoms with Crippen molar-refractivity contribution in [2.75, 3.05) is 25.0 Å². The molecule has 0 aliphatic carbocycles. The molecule has 0 heterocycles. The van der Waals surface area contributed by atoms with Gasteiger partial charge in [0.15, 0.2) is 5.96 Å². The summed E-state index contributed by atoms with van der Waals surface area (Å²) in [6.45, 7) is 18.3. The summed E-state index contributed by atoms with van der Waals surface area (Å²) < 4.78 is 0. The van der Waals surface area contributed by atoms with Gasteiger partial charge in [0, 0.05) is 43.4 Å². The third-order valence-corrected chi connectivity index (χ3v) is 4.61. The number of carbonyl (C=O) groups excluding carboxylic acids is 1. The molecule has 0 radical (unpaired) electrons. The highest BCUT2D eigenvalue weighted by molar-refractivity contribution is 5.89. The molecule has 0 aliphatic rings. The van der Waals surface area contributed by atoms with Crippen LogP contribution in [0.1, 0.15) is 60.5 Å². The third kappa shape index (κ3) is 10.5. The van der Waals surface area contributed by atoms with E-state index >= 15 is 0 Å². The summed E-state index contributed by atoms with van der Waals surface area (Å²) in [5.74, 6) is 0.830. The molecular weight excluding hydrogens is 376 g/mol. The molecule has 1 rings (SSSR count). The van der Waals surface area contributed by atoms with Gasteiger partial charge in [-0.1, -0.05) is 12.1 Å². The van der Waals surface area contributed by atoms with Crippen LogP contribution < -0.4 is 21.3 Å². The van der Waals surface area contributed by atoms with E-state index in [-0.39, 0.29) is 12.1 Å². The molecule has 0 saturated heterocycles. The molecule has 0 atom stereocenters. The molecule has 0 saturated carbocycles. The van der Waals surface area contributed by atoms with Gasteiger partial charge in [-0.05, 0) is 72.6 Å². The third-order valence-electron chi connectivity index (χ3n) is 4.61. The largest absolute Gasteiger partial charge is 0.357 e. The molecular formula is C23H42N6O. The van der Waals surface area contributed by atoms with Crippen molar-refractivity contribution in [3.05, 3.63) is 29.8 Å². The van der Waals surface area contributed by atoms with Gasteiger partial charge in [-0.15, -0.1) is 0 Å². The van der Waals surface area contributed by atoms with Gasteiger partial charge in [0.05, 0.1) is 6.54 Å². The van der Waals surface area contributed by atoms with E-state index in [1.807, 2.05) is 38.1 Å². The van der Waals surface area contributed by atoms with E-state index in [1.165, 1.54) is 0 Å². The molecule has 4 N–H and O–H groups in total. The number of benzene rings is 1. The Balaban J connectivity index is 2.52. The highest BCUT2D eigenvalue weighted by atomic mass is 16.2. The monoisotopic (exact) mass is 418 g/mol. The van der Waals surface area contributed by atoms with Crippen LogP contribution in [0.4, 0.5) is 10.5 Å². The van der Waals surface area contributed by atoms with E-state index < -0.39 is 0 Å². The van der Waals surface area contributed by atoms with Crippen LogP contribution >= 0.6 is 0 Å². The van der Waals surface area contributed by atoms with Crippen LogP contribution in [0.3, 0.4) is 0 Å². The van der Waals surface area contributed by atoms with Crippen LogP contribution in [-0.2, 0) is 6.54 Å². The van der Waals surface area contributed by atoms with Crippen molar-refractivity contribution in [3.63, 3.8) is 0 Å². The minimum absolute atomic E-state index is 0.106. The Bertz CT molecular complexity index is 632. The minimum Gasteiger partial charge on any atom is -0.357 e. The number of amides is 2. The molecule has 0 spiro atoms. The lowest BCUT2D eigenvalue weighted by atomic mass is 10.2. The Hall–Kier alpha value is -2.28. The lowest BCUT2D eigenvalue weighted by molar-refractivity contribution is 0.173. The Morgan fingerprint density at radius 1 is 1.00 bits per heavy atom. The van der Waals surface area contributed by atoms with Crippen molar-refractivity contribution in [2.45, 2.75) is 79.6 Å². The van der Waals surface area contributed by atoms with E-state index in [1.54, 1.807) is 0 Å². The summed E-state index contributed by atoms with van der Waals surface area (Å²) in [5.41, 5.74) is 1.86. The fourth-order valence-corrected chi connectivity index (χ4v) is 3.22.